The molecule has 3 heteroatoms. The molecular weight excluding hydrogens is 236 g/mol. The molecule has 0 aliphatic heterocycles. The number of nitrogens with two attached hydrogens (primary N) is 1. The Balaban J connectivity index is -0.000000344. The Hall–Kier alpha value is -0.570. The molecule has 19 heavy (non-hydrogen) atoms. The van der Waals surface area contributed by atoms with E-state index in [-0.39, 0.29) is 8.76 Å². The SMILES string of the molecule is CC.CCC(=O)NCCCCCCCCCCCN.[HH].[HH]. The van der Waals surface area contributed by atoms with Crippen molar-refractivity contribution in [2.45, 2.75) is 85.0 Å². The van der Waals surface area contributed by atoms with Gasteiger partial charge >= 0.3 is 0 Å². The van der Waals surface area contributed by atoms with Crippen molar-refractivity contribution < 1.29 is 7.65 Å². The van der Waals surface area contributed by atoms with Crippen molar-refractivity contribution in [1.82, 2.24) is 5.32 Å². The van der Waals surface area contributed by atoms with Crippen LogP contribution < -0.4 is 11.1 Å². The lowest BCUT2D eigenvalue weighted by molar-refractivity contribution is -0.120. The molecule has 0 saturated carbocycles. The van der Waals surface area contributed by atoms with Crippen LogP contribution in [0.2, 0.25) is 0 Å². The molecule has 0 aromatic heterocycles. The van der Waals surface area contributed by atoms with Crippen LogP contribution in [0.25, 0.3) is 0 Å². The normalized spacial score (nSPS) is 9.68. The minimum atomic E-state index is 0. The first-order valence-electron chi connectivity index (χ1n) is 8.28. The number of hydrogen-bond acceptors (Lipinski definition) is 2. The molecule has 0 fully saturated rings. The van der Waals surface area contributed by atoms with Crippen molar-refractivity contribution in [2.24, 2.45) is 5.73 Å². The molecule has 0 rings (SSSR count). The summed E-state index contributed by atoms with van der Waals surface area (Å²) in [5.74, 6) is 0.171. The number of carbonyl (C=O) groups is 1. The summed E-state index contributed by atoms with van der Waals surface area (Å²) >= 11 is 0. The molecule has 0 aliphatic carbocycles. The molecule has 0 radical (unpaired) electrons. The molecule has 0 aromatic rings. The van der Waals surface area contributed by atoms with Crippen LogP contribution in [0.5, 0.6) is 0 Å². The summed E-state index contributed by atoms with van der Waals surface area (Å²) in [5.41, 5.74) is 5.44. The van der Waals surface area contributed by atoms with Gasteiger partial charge in [-0.05, 0) is 19.4 Å². The molecule has 3 N–H and O–H groups in total. The molecule has 120 valence electrons. The average Bonchev–Trinajstić information content (AvgIpc) is 2.46. The van der Waals surface area contributed by atoms with E-state index in [2.05, 4.69) is 5.32 Å². The monoisotopic (exact) mass is 276 g/mol. The zero-order chi connectivity index (χ0) is 14.8. The van der Waals surface area contributed by atoms with Crippen LogP contribution in [0.1, 0.15) is 87.8 Å². The van der Waals surface area contributed by atoms with Crippen LogP contribution in [0.4, 0.5) is 0 Å². The van der Waals surface area contributed by atoms with Crippen LogP contribution in [0.3, 0.4) is 0 Å². The first-order valence-corrected chi connectivity index (χ1v) is 8.28. The van der Waals surface area contributed by atoms with Crippen LogP contribution in [0, 0.1) is 0 Å². The van der Waals surface area contributed by atoms with Crippen LogP contribution in [-0.2, 0) is 4.79 Å². The first kappa shape index (κ1) is 20.7. The molecule has 0 bridgehead atoms. The number of nitrogens with one attached hydrogen (secondary N) is 1. The fourth-order valence-electron chi connectivity index (χ4n) is 1.86. The number of hydrogen-bond donors (Lipinski definition) is 2. The summed E-state index contributed by atoms with van der Waals surface area (Å²) in [7, 11) is 0. The Morgan fingerprint density at radius 1 is 0.895 bits per heavy atom. The highest BCUT2D eigenvalue weighted by Crippen LogP contribution is 2.09. The van der Waals surface area contributed by atoms with Gasteiger partial charge in [0.05, 0.1) is 0 Å². The van der Waals surface area contributed by atoms with Crippen LogP contribution >= 0.6 is 0 Å². The number of carbonyl (C=O) groups excluding carboxylic acids is 1. The summed E-state index contributed by atoms with van der Waals surface area (Å²) in [5, 5.41) is 2.91. The maximum absolute atomic E-state index is 11.0. The molecule has 3 nitrogen and oxygen atoms in total. The highest BCUT2D eigenvalue weighted by atomic mass is 16.1. The van der Waals surface area contributed by atoms with Gasteiger partial charge in [0, 0.05) is 15.8 Å². The maximum Gasteiger partial charge on any atom is 0.219 e. The van der Waals surface area contributed by atoms with Crippen molar-refractivity contribution in [1.29, 1.82) is 0 Å². The molecule has 0 unspecified atom stereocenters. The van der Waals surface area contributed by atoms with E-state index >= 15 is 0 Å². The molecule has 0 saturated heterocycles. The van der Waals surface area contributed by atoms with E-state index in [4.69, 9.17) is 5.73 Å². The lowest BCUT2D eigenvalue weighted by Gasteiger charge is -2.03. The van der Waals surface area contributed by atoms with Gasteiger partial charge in [0.25, 0.3) is 0 Å². The third-order valence-electron chi connectivity index (χ3n) is 3.02. The zero-order valence-electron chi connectivity index (χ0n) is 13.5. The lowest BCUT2D eigenvalue weighted by atomic mass is 10.1. The topological polar surface area (TPSA) is 55.1 Å². The number of unbranched alkanes of at least 4 members (excludes halogenated alkanes) is 8. The highest BCUT2D eigenvalue weighted by molar-refractivity contribution is 5.75. The Kier molecular flexibility index (Phi) is 21.6. The van der Waals surface area contributed by atoms with Gasteiger partial charge in [0.15, 0.2) is 0 Å². The molecule has 0 heterocycles. The smallest absolute Gasteiger partial charge is 0.219 e. The summed E-state index contributed by atoms with van der Waals surface area (Å²) in [6, 6.07) is 0. The standard InChI is InChI=1S/C14H30N2O.C2H6.2H2/c1-2-14(17)16-13-11-9-7-5-3-4-6-8-10-12-15;1-2;;/h2-13,15H2,1H3,(H,16,17);1-2H3;2*1H. The van der Waals surface area contributed by atoms with E-state index in [1.54, 1.807) is 0 Å². The summed E-state index contributed by atoms with van der Waals surface area (Å²) in [6.07, 6.45) is 12.1. The fourth-order valence-corrected chi connectivity index (χ4v) is 1.86. The highest BCUT2D eigenvalue weighted by Gasteiger charge is 1.95. The van der Waals surface area contributed by atoms with Gasteiger partial charge in [0.1, 0.15) is 0 Å². The van der Waals surface area contributed by atoms with Gasteiger partial charge in [-0.1, -0.05) is 65.7 Å². The maximum atomic E-state index is 11.0. The quantitative estimate of drug-likeness (QED) is 0.516. The molecule has 0 aromatic carbocycles. The van der Waals surface area contributed by atoms with Gasteiger partial charge in [0.2, 0.25) is 5.91 Å². The first-order chi connectivity index (χ1) is 9.31. The van der Waals surface area contributed by atoms with E-state index in [0.717, 1.165) is 19.5 Å². The van der Waals surface area contributed by atoms with Crippen molar-refractivity contribution in [3.63, 3.8) is 0 Å². The second-order valence-electron chi connectivity index (χ2n) is 4.67. The van der Waals surface area contributed by atoms with Gasteiger partial charge in [-0.2, -0.15) is 0 Å². The summed E-state index contributed by atoms with van der Waals surface area (Å²) in [4.78, 5) is 11.0. The third kappa shape index (κ3) is 19.9. The summed E-state index contributed by atoms with van der Waals surface area (Å²) < 4.78 is 0. The molecule has 0 spiro atoms. The van der Waals surface area contributed by atoms with E-state index in [1.165, 1.54) is 51.4 Å². The molecule has 0 aliphatic rings. The van der Waals surface area contributed by atoms with Crippen molar-refractivity contribution >= 4 is 5.91 Å². The molecule has 1 amide bonds. The van der Waals surface area contributed by atoms with E-state index in [1.807, 2.05) is 20.8 Å². The molecular formula is C16H40N2O. The van der Waals surface area contributed by atoms with Gasteiger partial charge in [-0.3, -0.25) is 4.79 Å². The fraction of sp³-hybridized carbons (Fsp3) is 0.938. The van der Waals surface area contributed by atoms with Crippen molar-refractivity contribution in [3.05, 3.63) is 0 Å². The minimum Gasteiger partial charge on any atom is -0.356 e. The zero-order valence-corrected chi connectivity index (χ0v) is 13.5. The van der Waals surface area contributed by atoms with Crippen molar-refractivity contribution in [2.75, 3.05) is 13.1 Å². The Labute approximate surface area is 123 Å². The van der Waals surface area contributed by atoms with E-state index in [9.17, 15) is 4.79 Å². The Morgan fingerprint density at radius 2 is 1.32 bits per heavy atom. The lowest BCUT2D eigenvalue weighted by Crippen LogP contribution is -2.23. The van der Waals surface area contributed by atoms with E-state index < -0.39 is 0 Å². The van der Waals surface area contributed by atoms with Crippen LogP contribution in [-0.4, -0.2) is 19.0 Å². The van der Waals surface area contributed by atoms with E-state index in [0.29, 0.717) is 6.42 Å². The minimum absolute atomic E-state index is 0. The van der Waals surface area contributed by atoms with Crippen molar-refractivity contribution in [3.8, 4) is 0 Å². The predicted octanol–water partition coefficient (Wildman–Crippen LogP) is 4.50. The van der Waals surface area contributed by atoms with Crippen LogP contribution in [0.15, 0.2) is 0 Å². The Morgan fingerprint density at radius 3 is 1.74 bits per heavy atom. The number of rotatable bonds is 12. The summed E-state index contributed by atoms with van der Waals surface area (Å²) in [6.45, 7) is 7.58. The van der Waals surface area contributed by atoms with Gasteiger partial charge in [-0.15, -0.1) is 0 Å². The number of amides is 1. The second kappa shape index (κ2) is 19.8. The largest absolute Gasteiger partial charge is 0.356 e. The molecule has 0 atom stereocenters. The van der Waals surface area contributed by atoms with Gasteiger partial charge < -0.3 is 11.1 Å². The Bertz CT molecular complexity index is 182. The third-order valence-corrected chi connectivity index (χ3v) is 3.02. The van der Waals surface area contributed by atoms with Gasteiger partial charge in [-0.25, -0.2) is 0 Å². The average molecular weight is 277 g/mol. The predicted molar refractivity (Wildman–Crippen MR) is 89.5 cm³/mol. The second-order valence-corrected chi connectivity index (χ2v) is 4.67.